The second kappa shape index (κ2) is 7.99. The molecular weight excluding hydrogens is 347 g/mol. The lowest BCUT2D eigenvalue weighted by atomic mass is 9.98. The van der Waals surface area contributed by atoms with Crippen LogP contribution in [0.2, 0.25) is 0 Å². The monoisotopic (exact) mass is 368 g/mol. The number of aromatic amines is 1. The van der Waals surface area contributed by atoms with E-state index in [2.05, 4.69) is 20.6 Å². The maximum Gasteiger partial charge on any atom is 0.251 e. The second-order valence-corrected chi connectivity index (χ2v) is 6.44. The number of benzene rings is 2. The molecule has 0 saturated heterocycles. The molecule has 140 valence electrons. The number of rotatable bonds is 6. The summed E-state index contributed by atoms with van der Waals surface area (Å²) in [4.78, 5) is 32.6. The molecule has 3 rings (SSSR count). The molecule has 0 bridgehead atoms. The Morgan fingerprint density at radius 2 is 1.85 bits per heavy atom. The van der Waals surface area contributed by atoms with E-state index >= 15 is 0 Å². The summed E-state index contributed by atoms with van der Waals surface area (Å²) in [6, 6.07) is 11.9. The van der Waals surface area contributed by atoms with Gasteiger partial charge in [-0.3, -0.25) is 14.9 Å². The summed E-state index contributed by atoms with van der Waals surface area (Å²) in [7, 11) is 0. The van der Waals surface area contributed by atoms with Gasteiger partial charge < -0.3 is 10.3 Å². The summed E-state index contributed by atoms with van der Waals surface area (Å²) in [5, 5.41) is 5.47. The van der Waals surface area contributed by atoms with Gasteiger partial charge >= 0.3 is 0 Å². The van der Waals surface area contributed by atoms with Crippen LogP contribution in [-0.4, -0.2) is 27.8 Å². The fourth-order valence-corrected chi connectivity index (χ4v) is 2.73. The molecule has 0 aliphatic heterocycles. The van der Waals surface area contributed by atoms with Gasteiger partial charge in [-0.2, -0.15) is 0 Å². The first-order chi connectivity index (χ1) is 13.0. The summed E-state index contributed by atoms with van der Waals surface area (Å²) >= 11 is 0. The Bertz CT molecular complexity index is 919. The first-order valence-corrected chi connectivity index (χ1v) is 8.80. The number of fused-ring (bicyclic) bond motifs is 1. The molecule has 3 N–H and O–H groups in total. The standard InChI is InChI=1S/C20H21FN4O2/c1-3-12(2)17(24-18(26)13-8-10-14(21)11-9-13)19(27)25-20-22-15-6-4-5-7-16(15)23-20/h4-12,17H,3H2,1-2H3,(H,24,26)(H2,22,23,25,27). The zero-order valence-corrected chi connectivity index (χ0v) is 15.1. The highest BCUT2D eigenvalue weighted by Gasteiger charge is 2.27. The smallest absolute Gasteiger partial charge is 0.251 e. The molecule has 2 unspecified atom stereocenters. The molecular formula is C20H21FN4O2. The van der Waals surface area contributed by atoms with Crippen molar-refractivity contribution < 1.29 is 14.0 Å². The van der Waals surface area contributed by atoms with Gasteiger partial charge in [-0.25, -0.2) is 9.37 Å². The van der Waals surface area contributed by atoms with Gasteiger partial charge in [0, 0.05) is 5.56 Å². The van der Waals surface area contributed by atoms with Crippen molar-refractivity contribution in [2.45, 2.75) is 26.3 Å². The average Bonchev–Trinajstić information content (AvgIpc) is 3.07. The molecule has 1 heterocycles. The Kier molecular flexibility index (Phi) is 5.49. The van der Waals surface area contributed by atoms with E-state index in [1.54, 1.807) is 0 Å². The molecule has 7 heteroatoms. The zero-order chi connectivity index (χ0) is 19.4. The highest BCUT2D eigenvalue weighted by atomic mass is 19.1. The minimum atomic E-state index is -0.749. The van der Waals surface area contributed by atoms with Crippen molar-refractivity contribution in [3.05, 3.63) is 59.9 Å². The molecule has 0 fully saturated rings. The van der Waals surface area contributed by atoms with Crippen LogP contribution in [0.5, 0.6) is 0 Å². The highest BCUT2D eigenvalue weighted by molar-refractivity contribution is 6.01. The van der Waals surface area contributed by atoms with Crippen LogP contribution in [0, 0.1) is 11.7 Å². The van der Waals surface area contributed by atoms with E-state index in [4.69, 9.17) is 0 Å². The van der Waals surface area contributed by atoms with Crippen molar-refractivity contribution in [2.24, 2.45) is 5.92 Å². The number of carbonyl (C=O) groups is 2. The van der Waals surface area contributed by atoms with Gasteiger partial charge in [0.25, 0.3) is 5.91 Å². The third kappa shape index (κ3) is 4.31. The Morgan fingerprint density at radius 1 is 1.15 bits per heavy atom. The third-order valence-electron chi connectivity index (χ3n) is 4.52. The van der Waals surface area contributed by atoms with Crippen LogP contribution >= 0.6 is 0 Å². The van der Waals surface area contributed by atoms with Crippen molar-refractivity contribution in [3.63, 3.8) is 0 Å². The molecule has 0 aliphatic carbocycles. The first-order valence-electron chi connectivity index (χ1n) is 8.80. The number of hydrogen-bond donors (Lipinski definition) is 3. The largest absolute Gasteiger partial charge is 0.340 e. The van der Waals surface area contributed by atoms with Crippen molar-refractivity contribution in [3.8, 4) is 0 Å². The maximum atomic E-state index is 13.0. The Hall–Kier alpha value is -3.22. The van der Waals surface area contributed by atoms with E-state index in [1.807, 2.05) is 38.1 Å². The topological polar surface area (TPSA) is 86.9 Å². The van der Waals surface area contributed by atoms with E-state index < -0.39 is 17.8 Å². The van der Waals surface area contributed by atoms with Crippen molar-refractivity contribution in [1.29, 1.82) is 0 Å². The minimum absolute atomic E-state index is 0.0984. The lowest BCUT2D eigenvalue weighted by Crippen LogP contribution is -2.47. The summed E-state index contributed by atoms with van der Waals surface area (Å²) in [5.74, 6) is -0.990. The van der Waals surface area contributed by atoms with Crippen LogP contribution in [0.4, 0.5) is 10.3 Å². The number of hydrogen-bond acceptors (Lipinski definition) is 3. The third-order valence-corrected chi connectivity index (χ3v) is 4.52. The minimum Gasteiger partial charge on any atom is -0.340 e. The summed E-state index contributed by atoms with van der Waals surface area (Å²) in [6.07, 6.45) is 0.696. The Balaban J connectivity index is 1.75. The van der Waals surface area contributed by atoms with Crippen molar-refractivity contribution in [1.82, 2.24) is 15.3 Å². The molecule has 3 aromatic rings. The molecule has 2 amide bonds. The molecule has 0 aliphatic rings. The molecule has 0 saturated carbocycles. The van der Waals surface area contributed by atoms with Gasteiger partial charge in [0.2, 0.25) is 11.9 Å². The number of amides is 2. The fourth-order valence-electron chi connectivity index (χ4n) is 2.73. The van der Waals surface area contributed by atoms with E-state index in [0.29, 0.717) is 17.9 Å². The van der Waals surface area contributed by atoms with Crippen LogP contribution in [-0.2, 0) is 4.79 Å². The van der Waals surface area contributed by atoms with Crippen LogP contribution in [0.1, 0.15) is 30.6 Å². The van der Waals surface area contributed by atoms with E-state index in [9.17, 15) is 14.0 Å². The quantitative estimate of drug-likeness (QED) is 0.622. The van der Waals surface area contributed by atoms with Gasteiger partial charge in [-0.1, -0.05) is 32.4 Å². The maximum absolute atomic E-state index is 13.0. The predicted molar refractivity (Wildman–Crippen MR) is 102 cm³/mol. The first kappa shape index (κ1) is 18.6. The molecule has 0 spiro atoms. The average molecular weight is 368 g/mol. The molecule has 6 nitrogen and oxygen atoms in total. The van der Waals surface area contributed by atoms with Crippen LogP contribution in [0.15, 0.2) is 48.5 Å². The lowest BCUT2D eigenvalue weighted by Gasteiger charge is -2.23. The van der Waals surface area contributed by atoms with Gasteiger partial charge in [-0.15, -0.1) is 0 Å². The molecule has 27 heavy (non-hydrogen) atoms. The number of para-hydroxylation sites is 2. The molecule has 0 radical (unpaired) electrons. The molecule has 1 aromatic heterocycles. The number of nitrogens with one attached hydrogen (secondary N) is 3. The van der Waals surface area contributed by atoms with Crippen LogP contribution in [0.25, 0.3) is 11.0 Å². The van der Waals surface area contributed by atoms with Gasteiger partial charge in [0.15, 0.2) is 0 Å². The van der Waals surface area contributed by atoms with Crippen LogP contribution in [0.3, 0.4) is 0 Å². The molecule has 2 atom stereocenters. The second-order valence-electron chi connectivity index (χ2n) is 6.44. The number of imidazole rings is 1. The van der Waals surface area contributed by atoms with Crippen molar-refractivity contribution in [2.75, 3.05) is 5.32 Å². The van der Waals surface area contributed by atoms with Gasteiger partial charge in [0.05, 0.1) is 11.0 Å². The predicted octanol–water partition coefficient (Wildman–Crippen LogP) is 3.49. The zero-order valence-electron chi connectivity index (χ0n) is 15.1. The number of aromatic nitrogens is 2. The Morgan fingerprint density at radius 3 is 2.52 bits per heavy atom. The SMILES string of the molecule is CCC(C)C(NC(=O)c1ccc(F)cc1)C(=O)Nc1nc2ccccc2[nH]1. The van der Waals surface area contributed by atoms with E-state index in [-0.39, 0.29) is 11.8 Å². The van der Waals surface area contributed by atoms with E-state index in [0.717, 1.165) is 11.0 Å². The summed E-state index contributed by atoms with van der Waals surface area (Å²) in [6.45, 7) is 3.82. The number of anilines is 1. The summed E-state index contributed by atoms with van der Waals surface area (Å²) in [5.41, 5.74) is 1.84. The van der Waals surface area contributed by atoms with E-state index in [1.165, 1.54) is 24.3 Å². The fraction of sp³-hybridized carbons (Fsp3) is 0.250. The highest BCUT2D eigenvalue weighted by Crippen LogP contribution is 2.16. The van der Waals surface area contributed by atoms with Crippen molar-refractivity contribution >= 4 is 28.8 Å². The lowest BCUT2D eigenvalue weighted by molar-refractivity contribution is -0.119. The number of halogens is 1. The normalized spacial score (nSPS) is 13.1. The number of carbonyl (C=O) groups excluding carboxylic acids is 2. The number of H-pyrrole nitrogens is 1. The summed E-state index contributed by atoms with van der Waals surface area (Å²) < 4.78 is 13.0. The number of nitrogens with zero attached hydrogens (tertiary/aromatic N) is 1. The van der Waals surface area contributed by atoms with Gasteiger partial charge in [-0.05, 0) is 42.3 Å². The molecule has 2 aromatic carbocycles. The van der Waals surface area contributed by atoms with Gasteiger partial charge in [0.1, 0.15) is 11.9 Å². The van der Waals surface area contributed by atoms with Crippen LogP contribution < -0.4 is 10.6 Å². The Labute approximate surface area is 156 Å².